The first-order chi connectivity index (χ1) is 16.1. The lowest BCUT2D eigenvalue weighted by Gasteiger charge is -2.23. The number of fused-ring (bicyclic) bond motifs is 10. The predicted molar refractivity (Wildman–Crippen MR) is 146 cm³/mol. The summed E-state index contributed by atoms with van der Waals surface area (Å²) in [5.41, 5.74) is 12.7. The molecule has 0 aliphatic heterocycles. The number of benzene rings is 3. The average molecular weight is 434 g/mol. The zero-order valence-corrected chi connectivity index (χ0v) is 20.9. The van der Waals surface area contributed by atoms with Crippen LogP contribution < -0.4 is 0 Å². The van der Waals surface area contributed by atoms with Gasteiger partial charge in [-0.3, -0.25) is 0 Å². The van der Waals surface area contributed by atoms with Gasteiger partial charge >= 0.3 is 0 Å². The Hall–Kier alpha value is -3.06. The Labute approximate surface area is 198 Å². The summed E-state index contributed by atoms with van der Waals surface area (Å²) in [6.45, 7) is 13.2. The standard InChI is InChI=1S/C30H29N.C2H6/c1-5-11-19-18(6-2)16-17-23-26(19)27-21-13-8-7-12-20(21)25-22-14-9-10-15-24(22)31-29(25)28(27)30(23,3)4;1-2/h5,7-9,11-14,16-17,31H,6,10,15H2,1-4H3;1-2H3/b11-5-;. The van der Waals surface area contributed by atoms with E-state index < -0.39 is 0 Å². The first kappa shape index (κ1) is 21.8. The number of allylic oxidation sites excluding steroid dienone is 2. The van der Waals surface area contributed by atoms with Crippen molar-refractivity contribution in [3.05, 3.63) is 82.1 Å². The van der Waals surface area contributed by atoms with Gasteiger partial charge in [-0.2, -0.15) is 0 Å². The molecule has 0 saturated heterocycles. The fraction of sp³-hybridized carbons (Fsp3) is 0.312. The molecule has 4 aromatic rings. The Bertz CT molecular complexity index is 1440. The van der Waals surface area contributed by atoms with Gasteiger partial charge in [0.15, 0.2) is 0 Å². The number of aromatic amines is 1. The minimum Gasteiger partial charge on any atom is -0.358 e. The molecule has 0 bridgehead atoms. The Morgan fingerprint density at radius 2 is 1.76 bits per heavy atom. The van der Waals surface area contributed by atoms with Gasteiger partial charge in [0.25, 0.3) is 0 Å². The highest BCUT2D eigenvalue weighted by Crippen LogP contribution is 2.56. The Kier molecular flexibility index (Phi) is 5.32. The van der Waals surface area contributed by atoms with Crippen LogP contribution in [0.1, 0.15) is 81.5 Å². The molecule has 6 rings (SSSR count). The minimum atomic E-state index is -0.0489. The first-order valence-electron chi connectivity index (χ1n) is 12.6. The fourth-order valence-corrected chi connectivity index (χ4v) is 6.16. The summed E-state index contributed by atoms with van der Waals surface area (Å²) in [6, 6.07) is 13.8. The molecule has 1 aromatic heterocycles. The van der Waals surface area contributed by atoms with E-state index in [-0.39, 0.29) is 5.41 Å². The van der Waals surface area contributed by atoms with Gasteiger partial charge in [0, 0.05) is 22.1 Å². The second kappa shape index (κ2) is 8.06. The molecule has 33 heavy (non-hydrogen) atoms. The molecule has 0 amide bonds. The van der Waals surface area contributed by atoms with E-state index in [1.807, 2.05) is 13.8 Å². The fourth-order valence-electron chi connectivity index (χ4n) is 6.16. The average Bonchev–Trinajstić information content (AvgIpc) is 3.34. The third-order valence-electron chi connectivity index (χ3n) is 7.53. The number of H-pyrrole nitrogens is 1. The Morgan fingerprint density at radius 3 is 2.48 bits per heavy atom. The highest BCUT2D eigenvalue weighted by molar-refractivity contribution is 6.20. The van der Waals surface area contributed by atoms with E-state index in [2.05, 4.69) is 93.4 Å². The smallest absolute Gasteiger partial charge is 0.0516 e. The van der Waals surface area contributed by atoms with Crippen molar-refractivity contribution in [2.75, 3.05) is 0 Å². The van der Waals surface area contributed by atoms with E-state index in [9.17, 15) is 0 Å². The Morgan fingerprint density at radius 1 is 1.00 bits per heavy atom. The molecule has 168 valence electrons. The van der Waals surface area contributed by atoms with E-state index in [1.54, 1.807) is 0 Å². The number of hydrogen-bond acceptors (Lipinski definition) is 0. The maximum absolute atomic E-state index is 3.91. The van der Waals surface area contributed by atoms with Crippen LogP contribution in [-0.2, 0) is 18.3 Å². The second-order valence-corrected chi connectivity index (χ2v) is 9.54. The molecule has 0 saturated carbocycles. The summed E-state index contributed by atoms with van der Waals surface area (Å²) < 4.78 is 0. The van der Waals surface area contributed by atoms with E-state index >= 15 is 0 Å². The number of aromatic nitrogens is 1. The van der Waals surface area contributed by atoms with Crippen LogP contribution in [-0.4, -0.2) is 4.98 Å². The number of hydrogen-bond donors (Lipinski definition) is 1. The lowest BCUT2D eigenvalue weighted by atomic mass is 9.80. The van der Waals surface area contributed by atoms with Crippen LogP contribution in [0.2, 0.25) is 0 Å². The summed E-state index contributed by atoms with van der Waals surface area (Å²) in [7, 11) is 0. The van der Waals surface area contributed by atoms with Crippen molar-refractivity contribution in [3.8, 4) is 11.1 Å². The Balaban J connectivity index is 0.00000111. The maximum Gasteiger partial charge on any atom is 0.0516 e. The number of aryl methyl sites for hydroxylation is 2. The monoisotopic (exact) mass is 433 g/mol. The molecule has 1 heterocycles. The summed E-state index contributed by atoms with van der Waals surface area (Å²) in [5.74, 6) is 0. The van der Waals surface area contributed by atoms with Crippen molar-refractivity contribution in [1.29, 1.82) is 0 Å². The highest BCUT2D eigenvalue weighted by atomic mass is 14.7. The molecule has 0 fully saturated rings. The molecular formula is C32H35N. The number of rotatable bonds is 2. The molecule has 2 aliphatic carbocycles. The van der Waals surface area contributed by atoms with E-state index in [0.29, 0.717) is 0 Å². The highest BCUT2D eigenvalue weighted by Gasteiger charge is 2.41. The van der Waals surface area contributed by atoms with Gasteiger partial charge in [-0.25, -0.2) is 0 Å². The lowest BCUT2D eigenvalue weighted by Crippen LogP contribution is -2.16. The molecule has 3 aromatic carbocycles. The largest absolute Gasteiger partial charge is 0.358 e. The van der Waals surface area contributed by atoms with Gasteiger partial charge in [-0.1, -0.05) is 95.3 Å². The summed E-state index contributed by atoms with van der Waals surface area (Å²) in [4.78, 5) is 3.91. The van der Waals surface area contributed by atoms with Crippen LogP contribution in [0.3, 0.4) is 0 Å². The van der Waals surface area contributed by atoms with E-state index in [1.165, 1.54) is 66.3 Å². The molecule has 2 aliphatic rings. The third-order valence-corrected chi connectivity index (χ3v) is 7.53. The van der Waals surface area contributed by atoms with Gasteiger partial charge in [0.1, 0.15) is 0 Å². The van der Waals surface area contributed by atoms with Gasteiger partial charge in [0.05, 0.1) is 5.52 Å². The molecule has 0 radical (unpaired) electrons. The van der Waals surface area contributed by atoms with Crippen molar-refractivity contribution >= 4 is 33.8 Å². The van der Waals surface area contributed by atoms with Gasteiger partial charge in [-0.05, 0) is 70.3 Å². The lowest BCUT2D eigenvalue weighted by molar-refractivity contribution is 0.664. The quantitative estimate of drug-likeness (QED) is 0.324. The van der Waals surface area contributed by atoms with Gasteiger partial charge in [-0.15, -0.1) is 0 Å². The predicted octanol–water partition coefficient (Wildman–Crippen LogP) is 9.21. The summed E-state index contributed by atoms with van der Waals surface area (Å²) in [5, 5.41) is 4.17. The molecule has 1 nitrogen and oxygen atoms in total. The van der Waals surface area contributed by atoms with Gasteiger partial charge in [0.2, 0.25) is 0 Å². The third kappa shape index (κ3) is 2.91. The summed E-state index contributed by atoms with van der Waals surface area (Å²) in [6.07, 6.45) is 12.4. The van der Waals surface area contributed by atoms with Crippen molar-refractivity contribution in [2.45, 2.75) is 66.2 Å². The minimum absolute atomic E-state index is 0.0489. The van der Waals surface area contributed by atoms with Crippen LogP contribution in [0.15, 0.2) is 48.6 Å². The van der Waals surface area contributed by atoms with Crippen molar-refractivity contribution in [2.24, 2.45) is 0 Å². The van der Waals surface area contributed by atoms with E-state index in [0.717, 1.165) is 19.3 Å². The van der Waals surface area contributed by atoms with Crippen LogP contribution >= 0.6 is 0 Å². The van der Waals surface area contributed by atoms with Crippen LogP contribution in [0, 0.1) is 0 Å². The molecule has 0 unspecified atom stereocenters. The van der Waals surface area contributed by atoms with Crippen LogP contribution in [0.25, 0.3) is 45.0 Å². The van der Waals surface area contributed by atoms with Crippen molar-refractivity contribution in [3.63, 3.8) is 0 Å². The van der Waals surface area contributed by atoms with Gasteiger partial charge < -0.3 is 4.98 Å². The van der Waals surface area contributed by atoms with Crippen molar-refractivity contribution in [1.82, 2.24) is 4.98 Å². The molecule has 1 heteroatoms. The summed E-state index contributed by atoms with van der Waals surface area (Å²) >= 11 is 0. The molecule has 1 N–H and O–H groups in total. The van der Waals surface area contributed by atoms with Crippen LogP contribution in [0.4, 0.5) is 0 Å². The van der Waals surface area contributed by atoms with Crippen LogP contribution in [0.5, 0.6) is 0 Å². The number of nitrogens with one attached hydrogen (secondary N) is 1. The van der Waals surface area contributed by atoms with Crippen molar-refractivity contribution < 1.29 is 0 Å². The topological polar surface area (TPSA) is 15.8 Å². The first-order valence-corrected chi connectivity index (χ1v) is 12.6. The normalized spacial score (nSPS) is 15.5. The zero-order valence-electron chi connectivity index (χ0n) is 20.9. The molecular weight excluding hydrogens is 398 g/mol. The zero-order chi connectivity index (χ0) is 23.3. The maximum atomic E-state index is 3.91. The second-order valence-electron chi connectivity index (χ2n) is 9.54. The molecule has 0 atom stereocenters. The molecule has 0 spiro atoms. The van der Waals surface area contributed by atoms with E-state index in [4.69, 9.17) is 0 Å². The SMILES string of the molecule is C/C=C\c1c(CC)ccc2c1-c1c(c3[nH]c4c(c3c3ccccc13)C=CCC4)C2(C)C.CC.